The van der Waals surface area contributed by atoms with Crippen molar-refractivity contribution in [2.75, 3.05) is 7.11 Å². The van der Waals surface area contributed by atoms with Crippen molar-refractivity contribution in [3.63, 3.8) is 0 Å². The van der Waals surface area contributed by atoms with Gasteiger partial charge in [0.1, 0.15) is 11.5 Å². The fraction of sp³-hybridized carbons (Fsp3) is 0.0400. The standard InChI is InChI=1S/C25H18BrN3O/c1-30-20-13-8-17(9-14-20)23-22-15-10-16-4-2-3-5-21(16)24(22)27-25(29-28-23)18-6-11-19(26)12-7-18/h2-15H,1H3,(H,27,29). The van der Waals surface area contributed by atoms with E-state index in [2.05, 4.69) is 45.6 Å². The Morgan fingerprint density at radius 1 is 0.800 bits per heavy atom. The molecule has 1 N–H and O–H groups in total. The van der Waals surface area contributed by atoms with Crippen molar-refractivity contribution in [3.8, 4) is 5.75 Å². The molecule has 0 aromatic heterocycles. The van der Waals surface area contributed by atoms with Crippen LogP contribution in [0.1, 0.15) is 16.7 Å². The summed E-state index contributed by atoms with van der Waals surface area (Å²) in [5, 5.41) is 7.00. The van der Waals surface area contributed by atoms with Gasteiger partial charge in [-0.2, -0.15) is 5.10 Å². The maximum Gasteiger partial charge on any atom is 0.154 e. The van der Waals surface area contributed by atoms with E-state index in [4.69, 9.17) is 14.8 Å². The molecule has 0 bridgehead atoms. The third kappa shape index (κ3) is 3.37. The second kappa shape index (κ2) is 7.76. The summed E-state index contributed by atoms with van der Waals surface area (Å²) in [6.07, 6.45) is 0. The molecule has 0 atom stereocenters. The van der Waals surface area contributed by atoms with Gasteiger partial charge in [0.15, 0.2) is 5.84 Å². The maximum absolute atomic E-state index is 5.31. The number of hydrogen-bond donors (Lipinski definition) is 1. The van der Waals surface area contributed by atoms with Crippen molar-refractivity contribution < 1.29 is 4.74 Å². The lowest BCUT2D eigenvalue weighted by atomic mass is 9.97. The zero-order valence-corrected chi connectivity index (χ0v) is 17.8. The summed E-state index contributed by atoms with van der Waals surface area (Å²) >= 11 is 3.50. The molecule has 1 aliphatic rings. The van der Waals surface area contributed by atoms with E-state index in [9.17, 15) is 0 Å². The van der Waals surface area contributed by atoms with E-state index < -0.39 is 0 Å². The quantitative estimate of drug-likeness (QED) is 0.408. The fourth-order valence-electron chi connectivity index (χ4n) is 3.58. The minimum absolute atomic E-state index is 0.712. The van der Waals surface area contributed by atoms with E-state index >= 15 is 0 Å². The number of ether oxygens (including phenoxy) is 1. The topological polar surface area (TPSA) is 46.0 Å². The van der Waals surface area contributed by atoms with Gasteiger partial charge < -0.3 is 4.74 Å². The van der Waals surface area contributed by atoms with Crippen molar-refractivity contribution >= 4 is 43.9 Å². The lowest BCUT2D eigenvalue weighted by Gasteiger charge is -2.11. The first kappa shape index (κ1) is 18.6. The molecule has 0 spiro atoms. The summed E-state index contributed by atoms with van der Waals surface area (Å²) < 4.78 is 6.33. The number of methoxy groups -OCH3 is 1. The largest absolute Gasteiger partial charge is 0.497 e. The zero-order valence-electron chi connectivity index (χ0n) is 16.3. The van der Waals surface area contributed by atoms with Crippen LogP contribution in [0.25, 0.3) is 10.8 Å². The van der Waals surface area contributed by atoms with E-state index in [0.717, 1.165) is 49.1 Å². The highest BCUT2D eigenvalue weighted by Gasteiger charge is 2.19. The number of hydrogen-bond acceptors (Lipinski definition) is 4. The highest BCUT2D eigenvalue weighted by Crippen LogP contribution is 2.34. The predicted octanol–water partition coefficient (Wildman–Crippen LogP) is 6.04. The summed E-state index contributed by atoms with van der Waals surface area (Å²) in [6.45, 7) is 0. The molecule has 0 saturated heterocycles. The molecule has 0 aliphatic carbocycles. The van der Waals surface area contributed by atoms with Crippen molar-refractivity contribution in [2.45, 2.75) is 0 Å². The van der Waals surface area contributed by atoms with E-state index in [-0.39, 0.29) is 0 Å². The molecule has 5 rings (SSSR count). The SMILES string of the molecule is COc1ccc(C2=NNC(c3ccc(Br)cc3)=Nc3c2ccc2ccccc32)cc1. The van der Waals surface area contributed by atoms with Crippen LogP contribution < -0.4 is 10.2 Å². The van der Waals surface area contributed by atoms with E-state index in [1.165, 1.54) is 0 Å². The molecular formula is C25H18BrN3O. The molecule has 1 aliphatic heterocycles. The Morgan fingerprint density at radius 3 is 2.30 bits per heavy atom. The van der Waals surface area contributed by atoms with Gasteiger partial charge in [-0.3, -0.25) is 5.43 Å². The number of fused-ring (bicyclic) bond motifs is 3. The number of rotatable bonds is 3. The molecule has 30 heavy (non-hydrogen) atoms. The molecule has 0 radical (unpaired) electrons. The van der Waals surface area contributed by atoms with Crippen LogP contribution in [0.5, 0.6) is 5.75 Å². The molecule has 146 valence electrons. The number of aliphatic imine (C=N–C) groups is 1. The van der Waals surface area contributed by atoms with Gasteiger partial charge in [-0.1, -0.05) is 58.4 Å². The number of halogens is 1. The minimum atomic E-state index is 0.712. The second-order valence-corrected chi connectivity index (χ2v) is 7.87. The van der Waals surface area contributed by atoms with Gasteiger partial charge in [-0.15, -0.1) is 0 Å². The first-order valence-corrected chi connectivity index (χ1v) is 10.4. The lowest BCUT2D eigenvalue weighted by molar-refractivity contribution is 0.415. The van der Waals surface area contributed by atoms with Gasteiger partial charge >= 0.3 is 0 Å². The molecular weight excluding hydrogens is 438 g/mol. The number of nitrogens with one attached hydrogen (secondary N) is 1. The molecule has 4 aromatic carbocycles. The van der Waals surface area contributed by atoms with Crippen LogP contribution in [0.4, 0.5) is 5.69 Å². The summed E-state index contributed by atoms with van der Waals surface area (Å²) in [4.78, 5) is 5.03. The van der Waals surface area contributed by atoms with Gasteiger partial charge in [0.05, 0.1) is 12.8 Å². The summed E-state index contributed by atoms with van der Waals surface area (Å²) in [6, 6.07) is 28.5. The summed E-state index contributed by atoms with van der Waals surface area (Å²) in [7, 11) is 1.67. The predicted molar refractivity (Wildman–Crippen MR) is 126 cm³/mol. The first-order chi connectivity index (χ1) is 14.7. The number of nitrogens with zero attached hydrogens (tertiary/aromatic N) is 2. The zero-order chi connectivity index (χ0) is 20.5. The smallest absolute Gasteiger partial charge is 0.154 e. The first-order valence-electron chi connectivity index (χ1n) is 9.58. The van der Waals surface area contributed by atoms with Gasteiger partial charge in [-0.05, 0) is 47.9 Å². The molecule has 0 saturated carbocycles. The average molecular weight is 456 g/mol. The second-order valence-electron chi connectivity index (χ2n) is 6.95. The van der Waals surface area contributed by atoms with Crippen LogP contribution in [-0.2, 0) is 0 Å². The Hall–Kier alpha value is -3.44. The maximum atomic E-state index is 5.31. The minimum Gasteiger partial charge on any atom is -0.497 e. The third-order valence-corrected chi connectivity index (χ3v) is 5.66. The van der Waals surface area contributed by atoms with Crippen molar-refractivity contribution in [1.82, 2.24) is 5.43 Å². The van der Waals surface area contributed by atoms with Gasteiger partial charge in [0.25, 0.3) is 0 Å². The Balaban J connectivity index is 1.73. The monoisotopic (exact) mass is 455 g/mol. The molecule has 1 heterocycles. The van der Waals surface area contributed by atoms with Gasteiger partial charge in [0, 0.05) is 26.5 Å². The molecule has 0 amide bonds. The van der Waals surface area contributed by atoms with E-state index in [0.29, 0.717) is 5.84 Å². The van der Waals surface area contributed by atoms with Crippen LogP contribution in [0.2, 0.25) is 0 Å². The lowest BCUT2D eigenvalue weighted by Crippen LogP contribution is -2.19. The van der Waals surface area contributed by atoms with Crippen molar-refractivity contribution in [3.05, 3.63) is 106 Å². The Kier molecular flexibility index (Phi) is 4.81. The highest BCUT2D eigenvalue weighted by molar-refractivity contribution is 9.10. The highest BCUT2D eigenvalue weighted by atomic mass is 79.9. The van der Waals surface area contributed by atoms with Crippen molar-refractivity contribution in [1.29, 1.82) is 0 Å². The fourth-order valence-corrected chi connectivity index (χ4v) is 3.84. The van der Waals surface area contributed by atoms with Crippen LogP contribution in [-0.4, -0.2) is 18.7 Å². The van der Waals surface area contributed by atoms with Crippen LogP contribution >= 0.6 is 15.9 Å². The number of hydrazone groups is 1. The van der Waals surface area contributed by atoms with Crippen LogP contribution in [0.3, 0.4) is 0 Å². The Labute approximate surface area is 183 Å². The van der Waals surface area contributed by atoms with Gasteiger partial charge in [-0.25, -0.2) is 4.99 Å². The normalized spacial score (nSPS) is 13.0. The average Bonchev–Trinajstić information content (AvgIpc) is 3.00. The number of benzene rings is 4. The van der Waals surface area contributed by atoms with Crippen molar-refractivity contribution in [2.24, 2.45) is 10.1 Å². The van der Waals surface area contributed by atoms with E-state index in [1.54, 1.807) is 7.11 Å². The molecule has 4 nitrogen and oxygen atoms in total. The van der Waals surface area contributed by atoms with Crippen LogP contribution in [0.15, 0.2) is 99.5 Å². The Bertz CT molecular complexity index is 1290. The molecule has 4 aromatic rings. The third-order valence-electron chi connectivity index (χ3n) is 5.13. The Morgan fingerprint density at radius 2 is 1.53 bits per heavy atom. The molecule has 0 unspecified atom stereocenters. The van der Waals surface area contributed by atoms with Crippen LogP contribution in [0, 0.1) is 0 Å². The van der Waals surface area contributed by atoms with E-state index in [1.807, 2.05) is 60.7 Å². The summed E-state index contributed by atoms with van der Waals surface area (Å²) in [5.41, 5.74) is 7.89. The number of amidine groups is 1. The molecule has 0 fully saturated rings. The summed E-state index contributed by atoms with van der Waals surface area (Å²) in [5.74, 6) is 1.52. The van der Waals surface area contributed by atoms with Gasteiger partial charge in [0.2, 0.25) is 0 Å². The molecule has 5 heteroatoms.